The van der Waals surface area contributed by atoms with E-state index < -0.39 is 5.97 Å². The molecule has 1 unspecified atom stereocenters. The van der Waals surface area contributed by atoms with Gasteiger partial charge in [-0.05, 0) is 12.8 Å². The van der Waals surface area contributed by atoms with Gasteiger partial charge in [-0.3, -0.25) is 4.79 Å². The van der Waals surface area contributed by atoms with E-state index in [1.54, 1.807) is 0 Å². The highest BCUT2D eigenvalue weighted by Crippen LogP contribution is 2.16. The van der Waals surface area contributed by atoms with Crippen molar-refractivity contribution in [1.82, 2.24) is 0 Å². The lowest BCUT2D eigenvalue weighted by Gasteiger charge is -2.10. The normalized spacial score (nSPS) is 12.6. The van der Waals surface area contributed by atoms with Crippen LogP contribution in [0.25, 0.3) is 0 Å². The van der Waals surface area contributed by atoms with Gasteiger partial charge in [-0.2, -0.15) is 0 Å². The Balaban J connectivity index is 3.33. The quantitative estimate of drug-likeness (QED) is 0.407. The zero-order chi connectivity index (χ0) is 12.9. The minimum absolute atomic E-state index is 0.144. The Kier molecular flexibility index (Phi) is 12.4. The van der Waals surface area contributed by atoms with E-state index in [-0.39, 0.29) is 5.92 Å². The summed E-state index contributed by atoms with van der Waals surface area (Å²) in [5.41, 5.74) is 0. The van der Waals surface area contributed by atoms with Gasteiger partial charge in [0.2, 0.25) is 0 Å². The van der Waals surface area contributed by atoms with Crippen LogP contribution in [0.15, 0.2) is 0 Å². The molecule has 17 heavy (non-hydrogen) atoms. The van der Waals surface area contributed by atoms with Crippen LogP contribution in [-0.4, -0.2) is 16.4 Å². The Bertz CT molecular complexity index is 183. The molecule has 1 N–H and O–H groups in total. The van der Waals surface area contributed by atoms with Crippen molar-refractivity contribution >= 4 is 21.9 Å². The monoisotopic (exact) mass is 306 g/mol. The van der Waals surface area contributed by atoms with Gasteiger partial charge in [-0.25, -0.2) is 0 Å². The summed E-state index contributed by atoms with van der Waals surface area (Å²) in [6.45, 7) is 2.23. The maximum Gasteiger partial charge on any atom is 0.306 e. The standard InChI is InChI=1S/C14H27BrO2/c1-2-3-4-5-6-7-8-9-10-13(11-12-15)14(16)17/h13H,2-12H2,1H3,(H,16,17). The Morgan fingerprint density at radius 3 is 2.00 bits per heavy atom. The Hall–Kier alpha value is -0.0500. The molecule has 0 aromatic heterocycles. The van der Waals surface area contributed by atoms with E-state index in [1.165, 1.54) is 44.9 Å². The summed E-state index contributed by atoms with van der Waals surface area (Å²) in [6, 6.07) is 0. The molecule has 0 aliphatic heterocycles. The van der Waals surface area contributed by atoms with Crippen LogP contribution in [0.5, 0.6) is 0 Å². The molecule has 0 saturated heterocycles. The van der Waals surface area contributed by atoms with E-state index in [0.29, 0.717) is 0 Å². The third kappa shape index (κ3) is 10.8. The zero-order valence-corrected chi connectivity index (χ0v) is 12.7. The summed E-state index contributed by atoms with van der Waals surface area (Å²) in [7, 11) is 0. The van der Waals surface area contributed by atoms with Crippen molar-refractivity contribution < 1.29 is 9.90 Å². The van der Waals surface area contributed by atoms with E-state index in [0.717, 1.165) is 24.6 Å². The van der Waals surface area contributed by atoms with Gasteiger partial charge in [0, 0.05) is 5.33 Å². The van der Waals surface area contributed by atoms with Crippen molar-refractivity contribution in [3.05, 3.63) is 0 Å². The Morgan fingerprint density at radius 1 is 1.00 bits per heavy atom. The van der Waals surface area contributed by atoms with E-state index in [9.17, 15) is 4.79 Å². The second-order valence-electron chi connectivity index (χ2n) is 4.78. The summed E-state index contributed by atoms with van der Waals surface area (Å²) in [5.74, 6) is -0.776. The molecule has 0 rings (SSSR count). The molecule has 0 heterocycles. The smallest absolute Gasteiger partial charge is 0.306 e. The molecule has 3 heteroatoms. The summed E-state index contributed by atoms with van der Waals surface area (Å²) in [6.07, 6.45) is 11.8. The molecular formula is C14H27BrO2. The average molecular weight is 307 g/mol. The first-order valence-corrected chi connectivity index (χ1v) is 8.13. The van der Waals surface area contributed by atoms with Crippen molar-refractivity contribution in [2.75, 3.05) is 5.33 Å². The highest BCUT2D eigenvalue weighted by molar-refractivity contribution is 9.09. The van der Waals surface area contributed by atoms with Crippen LogP contribution in [-0.2, 0) is 4.79 Å². The summed E-state index contributed by atoms with van der Waals surface area (Å²) in [4.78, 5) is 10.9. The minimum Gasteiger partial charge on any atom is -0.481 e. The third-order valence-corrected chi connectivity index (χ3v) is 3.67. The predicted molar refractivity (Wildman–Crippen MR) is 76.8 cm³/mol. The number of aliphatic carboxylic acids is 1. The van der Waals surface area contributed by atoms with Crippen LogP contribution in [0, 0.1) is 5.92 Å². The summed E-state index contributed by atoms with van der Waals surface area (Å²) in [5, 5.41) is 9.78. The van der Waals surface area contributed by atoms with Crippen LogP contribution in [0.1, 0.15) is 71.1 Å². The van der Waals surface area contributed by atoms with E-state index >= 15 is 0 Å². The Labute approximate surface area is 114 Å². The van der Waals surface area contributed by atoms with Crippen LogP contribution >= 0.6 is 15.9 Å². The number of alkyl halides is 1. The molecule has 0 saturated carbocycles. The maximum absolute atomic E-state index is 10.9. The van der Waals surface area contributed by atoms with E-state index in [1.807, 2.05) is 0 Å². The van der Waals surface area contributed by atoms with Gasteiger partial charge in [-0.15, -0.1) is 0 Å². The number of hydrogen-bond donors (Lipinski definition) is 1. The number of hydrogen-bond acceptors (Lipinski definition) is 1. The molecular weight excluding hydrogens is 280 g/mol. The molecule has 102 valence electrons. The van der Waals surface area contributed by atoms with Crippen molar-refractivity contribution in [3.63, 3.8) is 0 Å². The van der Waals surface area contributed by atoms with Gasteiger partial charge < -0.3 is 5.11 Å². The molecule has 0 aromatic carbocycles. The number of carboxylic acid groups (broad SMARTS) is 1. The van der Waals surface area contributed by atoms with Gasteiger partial charge in [0.25, 0.3) is 0 Å². The molecule has 0 fully saturated rings. The average Bonchev–Trinajstić information content (AvgIpc) is 2.31. The highest BCUT2D eigenvalue weighted by Gasteiger charge is 2.15. The fourth-order valence-electron chi connectivity index (χ4n) is 2.05. The number of rotatable bonds is 12. The van der Waals surface area contributed by atoms with Crippen LogP contribution in [0.4, 0.5) is 0 Å². The SMILES string of the molecule is CCCCCCCCCCC(CCBr)C(=O)O. The summed E-state index contributed by atoms with van der Waals surface area (Å²) >= 11 is 3.31. The van der Waals surface area contributed by atoms with Gasteiger partial charge in [0.15, 0.2) is 0 Å². The first kappa shape index (κ1) is 16.9. The number of carbonyl (C=O) groups is 1. The van der Waals surface area contributed by atoms with Crippen LogP contribution in [0.3, 0.4) is 0 Å². The fourth-order valence-corrected chi connectivity index (χ4v) is 2.60. The first-order chi connectivity index (χ1) is 8.22. The van der Waals surface area contributed by atoms with Gasteiger partial charge in [-0.1, -0.05) is 74.2 Å². The number of unbranched alkanes of at least 4 members (excludes halogenated alkanes) is 7. The largest absolute Gasteiger partial charge is 0.481 e. The highest BCUT2D eigenvalue weighted by atomic mass is 79.9. The van der Waals surface area contributed by atoms with Gasteiger partial charge in [0.1, 0.15) is 0 Å². The van der Waals surface area contributed by atoms with Gasteiger partial charge >= 0.3 is 5.97 Å². The number of halogens is 1. The lowest BCUT2D eigenvalue weighted by atomic mass is 9.98. The van der Waals surface area contributed by atoms with Crippen molar-refractivity contribution in [2.45, 2.75) is 71.1 Å². The molecule has 0 amide bonds. The van der Waals surface area contributed by atoms with Crippen LogP contribution < -0.4 is 0 Å². The lowest BCUT2D eigenvalue weighted by molar-refractivity contribution is -0.142. The van der Waals surface area contributed by atoms with E-state index in [2.05, 4.69) is 22.9 Å². The maximum atomic E-state index is 10.9. The fraction of sp³-hybridized carbons (Fsp3) is 0.929. The molecule has 0 radical (unpaired) electrons. The number of carboxylic acids is 1. The van der Waals surface area contributed by atoms with Gasteiger partial charge in [0.05, 0.1) is 5.92 Å². The molecule has 2 nitrogen and oxygen atoms in total. The minimum atomic E-state index is -0.632. The molecule has 0 aliphatic rings. The molecule has 0 bridgehead atoms. The topological polar surface area (TPSA) is 37.3 Å². The molecule has 0 aromatic rings. The Morgan fingerprint density at radius 2 is 1.53 bits per heavy atom. The van der Waals surface area contributed by atoms with Crippen molar-refractivity contribution in [3.8, 4) is 0 Å². The second kappa shape index (κ2) is 12.4. The predicted octanol–water partition coefficient (Wildman–Crippen LogP) is 5.00. The molecule has 1 atom stereocenters. The lowest BCUT2D eigenvalue weighted by Crippen LogP contribution is -2.14. The molecule has 0 spiro atoms. The van der Waals surface area contributed by atoms with E-state index in [4.69, 9.17) is 5.11 Å². The third-order valence-electron chi connectivity index (χ3n) is 3.21. The first-order valence-electron chi connectivity index (χ1n) is 7.01. The zero-order valence-electron chi connectivity index (χ0n) is 11.1. The second-order valence-corrected chi connectivity index (χ2v) is 5.57. The van der Waals surface area contributed by atoms with Crippen molar-refractivity contribution in [2.24, 2.45) is 5.92 Å². The molecule has 0 aliphatic carbocycles. The summed E-state index contributed by atoms with van der Waals surface area (Å²) < 4.78 is 0. The van der Waals surface area contributed by atoms with Crippen molar-refractivity contribution in [1.29, 1.82) is 0 Å². The van der Waals surface area contributed by atoms with Crippen LogP contribution in [0.2, 0.25) is 0 Å².